The van der Waals surface area contributed by atoms with Crippen molar-refractivity contribution in [2.75, 3.05) is 0 Å². The molecule has 0 aromatic heterocycles. The van der Waals surface area contributed by atoms with Crippen molar-refractivity contribution in [2.45, 2.75) is 0 Å². The molecule has 0 amide bonds. The molecule has 4 nitrogen and oxygen atoms in total. The first-order valence-corrected chi connectivity index (χ1v) is 0. The van der Waals surface area contributed by atoms with Crippen LogP contribution in [-0.4, -0.2) is 0 Å². The van der Waals surface area contributed by atoms with Gasteiger partial charge < -0.3 is 21.9 Å². The monoisotopic (exact) mass is 116 g/mol. The standard InChI is InChI=1S/Cr.4O/q;4*-2. The molecule has 0 bridgehead atoms. The zero-order valence-corrected chi connectivity index (χ0v) is 3.32. The summed E-state index contributed by atoms with van der Waals surface area (Å²) in [4.78, 5) is 0. The van der Waals surface area contributed by atoms with E-state index in [0.29, 0.717) is 0 Å². The van der Waals surface area contributed by atoms with E-state index in [4.69, 9.17) is 0 Å². The molecule has 0 aromatic rings. The summed E-state index contributed by atoms with van der Waals surface area (Å²) in [5.74, 6) is 0. The third-order valence-electron chi connectivity index (χ3n) is 0. The third kappa shape index (κ3) is 177. The van der Waals surface area contributed by atoms with E-state index in [2.05, 4.69) is 0 Å². The predicted octanol–water partition coefficient (Wildman–Crippen LogP) is -0.478. The second-order valence-corrected chi connectivity index (χ2v) is 0. The van der Waals surface area contributed by atoms with Crippen molar-refractivity contribution >= 4 is 0 Å². The van der Waals surface area contributed by atoms with Crippen LogP contribution in [0, 0.1) is 0 Å². The number of hydrogen-bond acceptors (Lipinski definition) is 0. The van der Waals surface area contributed by atoms with E-state index < -0.39 is 0 Å². The SMILES string of the molecule is [Cr].[O-2].[O-2].[O-2].[O-2]. The van der Waals surface area contributed by atoms with E-state index in [0.717, 1.165) is 0 Å². The van der Waals surface area contributed by atoms with Gasteiger partial charge in [-0.1, -0.05) is 0 Å². The molecular formula is CrO4-8. The molecule has 0 saturated heterocycles. The van der Waals surface area contributed by atoms with Crippen LogP contribution in [0.3, 0.4) is 0 Å². The molecule has 0 radical (unpaired) electrons. The van der Waals surface area contributed by atoms with Gasteiger partial charge >= 0.3 is 0 Å². The first-order valence-electron chi connectivity index (χ1n) is 0. The second-order valence-electron chi connectivity index (χ2n) is 0. The van der Waals surface area contributed by atoms with Crippen LogP contribution in [0.15, 0.2) is 0 Å². The van der Waals surface area contributed by atoms with Crippen molar-refractivity contribution < 1.29 is 39.3 Å². The zero-order valence-electron chi connectivity index (χ0n) is 2.04. The van der Waals surface area contributed by atoms with Gasteiger partial charge in [-0.25, -0.2) is 0 Å². The molecule has 0 rings (SSSR count). The van der Waals surface area contributed by atoms with Crippen LogP contribution in [0.1, 0.15) is 0 Å². The van der Waals surface area contributed by atoms with E-state index in [1.165, 1.54) is 0 Å². The van der Waals surface area contributed by atoms with E-state index >= 15 is 0 Å². The summed E-state index contributed by atoms with van der Waals surface area (Å²) in [7, 11) is 0. The summed E-state index contributed by atoms with van der Waals surface area (Å²) in [5.41, 5.74) is 0. The van der Waals surface area contributed by atoms with Crippen molar-refractivity contribution in [3.8, 4) is 0 Å². The summed E-state index contributed by atoms with van der Waals surface area (Å²) >= 11 is 0. The van der Waals surface area contributed by atoms with Gasteiger partial charge in [0.25, 0.3) is 0 Å². The molecule has 0 fully saturated rings. The van der Waals surface area contributed by atoms with Gasteiger partial charge in [0.2, 0.25) is 0 Å². The largest absolute Gasteiger partial charge is 2.00 e. The van der Waals surface area contributed by atoms with Crippen molar-refractivity contribution in [1.82, 2.24) is 0 Å². The molecule has 5 heteroatoms. The maximum atomic E-state index is 0. The zero-order chi connectivity index (χ0) is 0. The Labute approximate surface area is 40.2 Å². The average Bonchev–Trinajstić information content (AvgIpc) is 0. The van der Waals surface area contributed by atoms with Crippen molar-refractivity contribution in [3.05, 3.63) is 0 Å². The molecule has 0 atom stereocenters. The van der Waals surface area contributed by atoms with Crippen molar-refractivity contribution in [2.24, 2.45) is 0 Å². The van der Waals surface area contributed by atoms with Crippen molar-refractivity contribution in [1.29, 1.82) is 0 Å². The van der Waals surface area contributed by atoms with Gasteiger partial charge in [-0.15, -0.1) is 0 Å². The predicted molar refractivity (Wildman–Crippen MR) is 2.75 cm³/mol. The minimum absolute atomic E-state index is 0. The van der Waals surface area contributed by atoms with Gasteiger partial charge in [0.05, 0.1) is 0 Å². The Kier molecular flexibility index (Phi) is 53100. The number of hydrogen-bond donors (Lipinski definition) is 0. The topological polar surface area (TPSA) is 114 Å². The fourth-order valence-electron chi connectivity index (χ4n) is 0. The maximum Gasteiger partial charge on any atom is 0 e. The van der Waals surface area contributed by atoms with E-state index in [9.17, 15) is 0 Å². The quantitative estimate of drug-likeness (QED) is 0.406. The molecule has 0 N–H and O–H groups in total. The Morgan fingerprint density at radius 1 is 0.400 bits per heavy atom. The van der Waals surface area contributed by atoms with Gasteiger partial charge in [-0.3, -0.25) is 0 Å². The summed E-state index contributed by atoms with van der Waals surface area (Å²) in [5, 5.41) is 0. The van der Waals surface area contributed by atoms with Crippen LogP contribution in [0.25, 0.3) is 0 Å². The van der Waals surface area contributed by atoms with E-state index in [1.807, 2.05) is 0 Å². The normalized spacial score (nSPS) is 0. The summed E-state index contributed by atoms with van der Waals surface area (Å²) < 4.78 is 0. The van der Waals surface area contributed by atoms with Crippen LogP contribution in [-0.2, 0) is 39.3 Å². The summed E-state index contributed by atoms with van der Waals surface area (Å²) in [6.45, 7) is 0. The van der Waals surface area contributed by atoms with E-state index in [1.54, 1.807) is 0 Å². The molecule has 0 aliphatic rings. The molecule has 38 valence electrons. The molecule has 0 aliphatic carbocycles. The molecule has 0 aromatic carbocycles. The average molecular weight is 116 g/mol. The Hall–Kier alpha value is 0.372. The molecule has 0 saturated carbocycles. The molecule has 0 aliphatic heterocycles. The smallest absolute Gasteiger partial charge is 0 e. The fraction of sp³-hybridized carbons (Fsp3) is 0. The third-order valence-corrected chi connectivity index (χ3v) is 0. The van der Waals surface area contributed by atoms with E-state index in [-0.39, 0.29) is 39.3 Å². The minimum atomic E-state index is 0. The second kappa shape index (κ2) is 358. The van der Waals surface area contributed by atoms with Crippen LogP contribution >= 0.6 is 0 Å². The fourth-order valence-corrected chi connectivity index (χ4v) is 0. The van der Waals surface area contributed by atoms with Crippen LogP contribution < -0.4 is 0 Å². The maximum absolute atomic E-state index is 0. The first kappa shape index (κ1) is 740. The van der Waals surface area contributed by atoms with Crippen LogP contribution in [0.2, 0.25) is 0 Å². The molecular weight excluding hydrogens is 116 g/mol. The first-order chi connectivity index (χ1) is 0. The van der Waals surface area contributed by atoms with Crippen LogP contribution in [0.4, 0.5) is 0 Å². The molecule has 0 heterocycles. The Morgan fingerprint density at radius 2 is 0.400 bits per heavy atom. The summed E-state index contributed by atoms with van der Waals surface area (Å²) in [6.07, 6.45) is 0. The molecule has 0 spiro atoms. The minimum Gasteiger partial charge on any atom is -2.00 e. The van der Waals surface area contributed by atoms with Gasteiger partial charge in [-0.2, -0.15) is 0 Å². The van der Waals surface area contributed by atoms with Gasteiger partial charge in [0.15, 0.2) is 0 Å². The Bertz CT molecular complexity index is 3.61. The van der Waals surface area contributed by atoms with Gasteiger partial charge in [0.1, 0.15) is 0 Å². The summed E-state index contributed by atoms with van der Waals surface area (Å²) in [6, 6.07) is 0. The van der Waals surface area contributed by atoms with Gasteiger partial charge in [-0.05, 0) is 0 Å². The van der Waals surface area contributed by atoms with Gasteiger partial charge in [0, 0.05) is 17.4 Å². The Balaban J connectivity index is 0. The molecule has 0 unspecified atom stereocenters. The molecule has 5 heavy (non-hydrogen) atoms. The van der Waals surface area contributed by atoms with Crippen LogP contribution in [0.5, 0.6) is 0 Å². The Morgan fingerprint density at radius 3 is 0.400 bits per heavy atom. The van der Waals surface area contributed by atoms with Crippen molar-refractivity contribution in [3.63, 3.8) is 0 Å². The number of rotatable bonds is 0.